The molecule has 2 atom stereocenters. The molecule has 1 aromatic heterocycles. The molecule has 2 aliphatic rings. The highest BCUT2D eigenvalue weighted by molar-refractivity contribution is 7.89. The Morgan fingerprint density at radius 3 is 2.65 bits per heavy atom. The maximum Gasteiger partial charge on any atom is 0.246 e. The number of aryl methyl sites for hydroxylation is 2. The Morgan fingerprint density at radius 1 is 1.38 bits per heavy atom. The predicted octanol–water partition coefficient (Wildman–Crippen LogP) is 0.703. The summed E-state index contributed by atoms with van der Waals surface area (Å²) >= 11 is 0. The van der Waals surface area contributed by atoms with Gasteiger partial charge in [-0.2, -0.15) is 9.40 Å². The van der Waals surface area contributed by atoms with Crippen LogP contribution in [0.4, 0.5) is 0 Å². The average Bonchev–Trinajstić information content (AvgIpc) is 3.37. The second kappa shape index (κ2) is 8.24. The number of amides is 1. The highest BCUT2D eigenvalue weighted by atomic mass is 35.5. The molecular weight excluding hydrogens is 378 g/mol. The van der Waals surface area contributed by atoms with Gasteiger partial charge in [-0.15, -0.1) is 12.4 Å². The SMILES string of the molecule is Cc1n[nH]c(C)c1S(=O)(=O)N1CCCC(C(=O)NCC(N)C2CC2)C1.Cl. The summed E-state index contributed by atoms with van der Waals surface area (Å²) in [6.07, 6.45) is 3.63. The number of sulfonamides is 1. The topological polar surface area (TPSA) is 121 Å². The largest absolute Gasteiger partial charge is 0.354 e. The predicted molar refractivity (Wildman–Crippen MR) is 101 cm³/mol. The van der Waals surface area contributed by atoms with Crippen molar-refractivity contribution in [2.24, 2.45) is 17.6 Å². The van der Waals surface area contributed by atoms with Crippen molar-refractivity contribution in [2.45, 2.75) is 50.5 Å². The van der Waals surface area contributed by atoms with Gasteiger partial charge in [-0.25, -0.2) is 8.42 Å². The molecule has 148 valence electrons. The highest BCUT2D eigenvalue weighted by Crippen LogP contribution is 2.31. The molecule has 0 bridgehead atoms. The Labute approximate surface area is 160 Å². The first-order valence-electron chi connectivity index (χ1n) is 8.85. The minimum Gasteiger partial charge on any atom is -0.354 e. The first-order chi connectivity index (χ1) is 11.8. The number of nitrogens with two attached hydrogens (primary N) is 1. The molecule has 0 spiro atoms. The van der Waals surface area contributed by atoms with Crippen LogP contribution in [0.1, 0.15) is 37.1 Å². The Hall–Kier alpha value is -1.16. The first kappa shape index (κ1) is 21.1. The van der Waals surface area contributed by atoms with E-state index in [1.165, 1.54) is 4.31 Å². The molecule has 1 saturated carbocycles. The smallest absolute Gasteiger partial charge is 0.246 e. The number of carbonyl (C=O) groups excluding carboxylic acids is 1. The number of halogens is 1. The van der Waals surface area contributed by atoms with Crippen LogP contribution < -0.4 is 11.1 Å². The van der Waals surface area contributed by atoms with Gasteiger partial charge in [0.25, 0.3) is 0 Å². The Balaban J connectivity index is 0.00000243. The van der Waals surface area contributed by atoms with E-state index in [0.29, 0.717) is 43.2 Å². The van der Waals surface area contributed by atoms with Crippen molar-refractivity contribution < 1.29 is 13.2 Å². The van der Waals surface area contributed by atoms with Crippen molar-refractivity contribution in [3.8, 4) is 0 Å². The molecule has 1 aliphatic heterocycles. The molecule has 2 heterocycles. The van der Waals surface area contributed by atoms with Gasteiger partial charge in [-0.05, 0) is 45.4 Å². The summed E-state index contributed by atoms with van der Waals surface area (Å²) in [5.41, 5.74) is 7.00. The molecule has 0 aromatic carbocycles. The van der Waals surface area contributed by atoms with Crippen molar-refractivity contribution in [2.75, 3.05) is 19.6 Å². The monoisotopic (exact) mass is 405 g/mol. The molecule has 1 aliphatic carbocycles. The summed E-state index contributed by atoms with van der Waals surface area (Å²) in [4.78, 5) is 12.7. The molecule has 10 heteroatoms. The summed E-state index contributed by atoms with van der Waals surface area (Å²) < 4.78 is 27.3. The van der Waals surface area contributed by atoms with Crippen LogP contribution in [0.2, 0.25) is 0 Å². The van der Waals surface area contributed by atoms with E-state index in [2.05, 4.69) is 15.5 Å². The molecule has 2 unspecified atom stereocenters. The maximum atomic E-state index is 12.9. The standard InChI is InChI=1S/C16H27N5O3S.ClH/c1-10-15(11(2)20-19-10)25(23,24)21-7-3-4-13(9-21)16(22)18-8-14(17)12-5-6-12;/h12-14H,3-9,17H2,1-2H3,(H,18,22)(H,19,20);1H. The number of aromatic nitrogens is 2. The second-order valence-corrected chi connectivity index (χ2v) is 9.09. The lowest BCUT2D eigenvalue weighted by Crippen LogP contribution is -2.47. The third kappa shape index (κ3) is 4.39. The summed E-state index contributed by atoms with van der Waals surface area (Å²) in [5.74, 6) is 0.0923. The molecule has 1 saturated heterocycles. The molecule has 4 N–H and O–H groups in total. The Morgan fingerprint density at radius 2 is 2.08 bits per heavy atom. The van der Waals surface area contributed by atoms with Crippen molar-refractivity contribution in [1.82, 2.24) is 19.8 Å². The van der Waals surface area contributed by atoms with Crippen molar-refractivity contribution in [3.63, 3.8) is 0 Å². The molecule has 1 aromatic rings. The average molecular weight is 406 g/mol. The lowest BCUT2D eigenvalue weighted by atomic mass is 9.98. The van der Waals surface area contributed by atoms with Gasteiger partial charge in [0.1, 0.15) is 4.90 Å². The minimum atomic E-state index is -3.65. The van der Waals surface area contributed by atoms with Gasteiger partial charge in [0.05, 0.1) is 17.3 Å². The van der Waals surface area contributed by atoms with Gasteiger partial charge in [0.2, 0.25) is 15.9 Å². The van der Waals surface area contributed by atoms with E-state index in [-0.39, 0.29) is 41.7 Å². The fraction of sp³-hybridized carbons (Fsp3) is 0.750. The molecule has 3 rings (SSSR count). The molecule has 0 radical (unpaired) electrons. The number of aromatic amines is 1. The number of H-pyrrole nitrogens is 1. The van der Waals surface area contributed by atoms with Gasteiger partial charge in [0.15, 0.2) is 0 Å². The molecule has 26 heavy (non-hydrogen) atoms. The lowest BCUT2D eigenvalue weighted by Gasteiger charge is -2.31. The van der Waals surface area contributed by atoms with Crippen molar-refractivity contribution >= 4 is 28.3 Å². The van der Waals surface area contributed by atoms with Crippen molar-refractivity contribution in [1.29, 1.82) is 0 Å². The van der Waals surface area contributed by atoms with Crippen LogP contribution in [-0.4, -0.2) is 54.5 Å². The van der Waals surface area contributed by atoms with E-state index >= 15 is 0 Å². The third-order valence-corrected chi connectivity index (χ3v) is 7.28. The van der Waals surface area contributed by atoms with Crippen LogP contribution in [-0.2, 0) is 14.8 Å². The van der Waals surface area contributed by atoms with Gasteiger partial charge >= 0.3 is 0 Å². The van der Waals surface area contributed by atoms with Gasteiger partial charge in [-0.3, -0.25) is 9.89 Å². The fourth-order valence-electron chi connectivity index (χ4n) is 3.48. The van der Waals surface area contributed by atoms with Gasteiger partial charge < -0.3 is 11.1 Å². The van der Waals surface area contributed by atoms with Crippen LogP contribution >= 0.6 is 12.4 Å². The van der Waals surface area contributed by atoms with Crippen LogP contribution in [0.25, 0.3) is 0 Å². The summed E-state index contributed by atoms with van der Waals surface area (Å²) in [6.45, 7) is 4.46. The van der Waals surface area contributed by atoms with Crippen LogP contribution in [0.3, 0.4) is 0 Å². The normalized spacial score (nSPS) is 22.5. The number of hydrogen-bond acceptors (Lipinski definition) is 5. The molecule has 1 amide bonds. The van der Waals surface area contributed by atoms with E-state index < -0.39 is 10.0 Å². The number of nitrogens with zero attached hydrogens (tertiary/aromatic N) is 2. The van der Waals surface area contributed by atoms with Crippen LogP contribution in [0, 0.1) is 25.7 Å². The summed E-state index contributed by atoms with van der Waals surface area (Å²) in [7, 11) is -3.65. The summed E-state index contributed by atoms with van der Waals surface area (Å²) in [6, 6.07) is 0.00334. The van der Waals surface area contributed by atoms with E-state index in [0.717, 1.165) is 12.8 Å². The Bertz CT molecular complexity index is 728. The van der Waals surface area contributed by atoms with Crippen LogP contribution in [0.15, 0.2) is 4.90 Å². The number of hydrogen-bond donors (Lipinski definition) is 3. The minimum absolute atomic E-state index is 0. The third-order valence-electron chi connectivity index (χ3n) is 5.15. The first-order valence-corrected chi connectivity index (χ1v) is 10.3. The maximum absolute atomic E-state index is 12.9. The molecule has 8 nitrogen and oxygen atoms in total. The lowest BCUT2D eigenvalue weighted by molar-refractivity contribution is -0.126. The second-order valence-electron chi connectivity index (χ2n) is 7.21. The number of piperidine rings is 1. The van der Waals surface area contributed by atoms with E-state index in [4.69, 9.17) is 5.73 Å². The molecular formula is C16H28ClN5O3S. The fourth-order valence-corrected chi connectivity index (χ4v) is 5.33. The van der Waals surface area contributed by atoms with E-state index in [1.54, 1.807) is 13.8 Å². The van der Waals surface area contributed by atoms with Gasteiger partial charge in [0, 0.05) is 25.7 Å². The number of carbonyl (C=O) groups is 1. The zero-order chi connectivity index (χ0) is 18.2. The Kier molecular flexibility index (Phi) is 6.70. The van der Waals surface area contributed by atoms with Crippen molar-refractivity contribution in [3.05, 3.63) is 11.4 Å². The number of nitrogens with one attached hydrogen (secondary N) is 2. The quantitative estimate of drug-likeness (QED) is 0.643. The molecule has 2 fully saturated rings. The van der Waals surface area contributed by atoms with E-state index in [9.17, 15) is 13.2 Å². The zero-order valence-electron chi connectivity index (χ0n) is 15.2. The number of rotatable bonds is 6. The van der Waals surface area contributed by atoms with E-state index in [1.807, 2.05) is 0 Å². The summed E-state index contributed by atoms with van der Waals surface area (Å²) in [5, 5.41) is 9.59. The van der Waals surface area contributed by atoms with Crippen LogP contribution in [0.5, 0.6) is 0 Å². The van der Waals surface area contributed by atoms with Gasteiger partial charge in [-0.1, -0.05) is 0 Å². The zero-order valence-corrected chi connectivity index (χ0v) is 16.8. The highest BCUT2D eigenvalue weighted by Gasteiger charge is 2.36.